The lowest BCUT2D eigenvalue weighted by Crippen LogP contribution is -2.47. The molecule has 4 heterocycles. The van der Waals surface area contributed by atoms with E-state index in [1.165, 1.54) is 37.3 Å². The minimum absolute atomic E-state index is 0.0884. The molecule has 1 aromatic carbocycles. The van der Waals surface area contributed by atoms with E-state index in [4.69, 9.17) is 10.9 Å². The van der Waals surface area contributed by atoms with Crippen molar-refractivity contribution in [1.82, 2.24) is 4.90 Å². The Labute approximate surface area is 144 Å². The summed E-state index contributed by atoms with van der Waals surface area (Å²) in [6.45, 7) is 3.48. The maximum atomic E-state index is 12.7. The van der Waals surface area contributed by atoms with E-state index in [0.29, 0.717) is 17.9 Å². The first-order valence-electron chi connectivity index (χ1n) is 8.41. The van der Waals surface area contributed by atoms with Crippen LogP contribution in [0.2, 0.25) is 0 Å². The zero-order valence-corrected chi connectivity index (χ0v) is 14.3. The van der Waals surface area contributed by atoms with Gasteiger partial charge in [0.1, 0.15) is 0 Å². The number of oxime groups is 1. The molecule has 3 N–H and O–H groups in total. The fourth-order valence-electron chi connectivity index (χ4n) is 4.04. The third kappa shape index (κ3) is 2.80. The van der Waals surface area contributed by atoms with Crippen molar-refractivity contribution in [3.8, 4) is 0 Å². The number of thiophene rings is 1. The van der Waals surface area contributed by atoms with E-state index in [-0.39, 0.29) is 11.6 Å². The van der Waals surface area contributed by atoms with E-state index in [0.717, 1.165) is 27.4 Å². The van der Waals surface area contributed by atoms with Crippen molar-refractivity contribution in [2.24, 2.45) is 22.7 Å². The highest BCUT2D eigenvalue weighted by Crippen LogP contribution is 2.36. The van der Waals surface area contributed by atoms with Crippen LogP contribution in [0, 0.1) is 11.8 Å². The van der Waals surface area contributed by atoms with Crippen molar-refractivity contribution in [1.29, 1.82) is 0 Å². The lowest BCUT2D eigenvalue weighted by atomic mass is 9.76. The van der Waals surface area contributed by atoms with Crippen LogP contribution in [0.1, 0.15) is 34.5 Å². The number of carbonyl (C=O) groups excluding carboxylic acids is 1. The van der Waals surface area contributed by atoms with Gasteiger partial charge in [0, 0.05) is 23.2 Å². The molecule has 3 fully saturated rings. The summed E-state index contributed by atoms with van der Waals surface area (Å²) < 4.78 is 0.997. The summed E-state index contributed by atoms with van der Waals surface area (Å²) in [6, 6.07) is 7.58. The molecule has 0 unspecified atom stereocenters. The summed E-state index contributed by atoms with van der Waals surface area (Å²) in [5.74, 6) is 1.57. The van der Waals surface area contributed by atoms with Crippen LogP contribution in [0.25, 0.3) is 10.1 Å². The maximum Gasteiger partial charge on any atom is 0.173 e. The largest absolute Gasteiger partial charge is 0.409 e. The maximum absolute atomic E-state index is 12.7. The predicted octanol–water partition coefficient (Wildman–Crippen LogP) is 2.91. The molecular weight excluding hydrogens is 322 g/mol. The quantitative estimate of drug-likeness (QED) is 0.294. The normalized spacial score (nSPS) is 26.8. The molecule has 0 amide bonds. The van der Waals surface area contributed by atoms with Gasteiger partial charge in [-0.05, 0) is 55.3 Å². The topological polar surface area (TPSA) is 78.9 Å². The summed E-state index contributed by atoms with van der Waals surface area (Å²) in [5.41, 5.74) is 6.31. The minimum atomic E-state index is 0.0884. The third-order valence-electron chi connectivity index (χ3n) is 5.44. The van der Waals surface area contributed by atoms with Gasteiger partial charge in [-0.3, -0.25) is 4.79 Å². The van der Waals surface area contributed by atoms with Gasteiger partial charge < -0.3 is 15.8 Å². The van der Waals surface area contributed by atoms with Gasteiger partial charge >= 0.3 is 0 Å². The Morgan fingerprint density at radius 1 is 1.33 bits per heavy atom. The van der Waals surface area contributed by atoms with Gasteiger partial charge in [0.15, 0.2) is 11.6 Å². The Bertz CT molecular complexity index is 806. The second kappa shape index (κ2) is 6.18. The molecule has 0 saturated carbocycles. The van der Waals surface area contributed by atoms with Crippen molar-refractivity contribution in [3.05, 3.63) is 34.7 Å². The molecule has 3 aliphatic rings. The molecule has 0 radical (unpaired) electrons. The predicted molar refractivity (Wildman–Crippen MR) is 95.9 cm³/mol. The monoisotopic (exact) mass is 343 g/mol. The first-order chi connectivity index (χ1) is 11.6. The summed E-state index contributed by atoms with van der Waals surface area (Å²) in [6.07, 6.45) is 3.14. The molecule has 6 heteroatoms. The van der Waals surface area contributed by atoms with Crippen LogP contribution in [0.15, 0.2) is 29.4 Å². The highest BCUT2D eigenvalue weighted by Gasteiger charge is 2.35. The lowest BCUT2D eigenvalue weighted by molar-refractivity contribution is 0.0442. The van der Waals surface area contributed by atoms with Crippen LogP contribution in [-0.2, 0) is 0 Å². The van der Waals surface area contributed by atoms with Gasteiger partial charge in [-0.1, -0.05) is 17.3 Å². The molecule has 1 atom stereocenters. The second-order valence-electron chi connectivity index (χ2n) is 6.87. The zero-order valence-electron chi connectivity index (χ0n) is 13.4. The van der Waals surface area contributed by atoms with Gasteiger partial charge in [-0.2, -0.15) is 0 Å². The fraction of sp³-hybridized carbons (Fsp3) is 0.444. The number of nitrogens with two attached hydrogens (primary N) is 1. The Balaban J connectivity index is 1.54. The molecular formula is C18H21N3O2S. The molecule has 1 aromatic heterocycles. The van der Waals surface area contributed by atoms with Crippen molar-refractivity contribution in [2.75, 3.05) is 19.6 Å². The number of rotatable bonds is 4. The van der Waals surface area contributed by atoms with Crippen molar-refractivity contribution in [2.45, 2.75) is 19.3 Å². The first kappa shape index (κ1) is 15.6. The fourth-order valence-corrected chi connectivity index (χ4v) is 5.09. The third-order valence-corrected chi connectivity index (χ3v) is 6.58. The van der Waals surface area contributed by atoms with Gasteiger partial charge in [0.25, 0.3) is 0 Å². The number of benzene rings is 1. The number of carbonyl (C=O) groups is 1. The molecule has 3 saturated heterocycles. The van der Waals surface area contributed by atoms with Gasteiger partial charge in [-0.15, -0.1) is 11.3 Å². The van der Waals surface area contributed by atoms with E-state index in [9.17, 15) is 4.79 Å². The number of Topliss-reactive ketones (excluding diaryl/α,β-unsaturated/α-hetero) is 1. The van der Waals surface area contributed by atoms with E-state index in [1.807, 2.05) is 24.3 Å². The zero-order chi connectivity index (χ0) is 16.7. The molecule has 5 nitrogen and oxygen atoms in total. The number of nitrogens with zero attached hydrogens (tertiary/aromatic N) is 2. The summed E-state index contributed by atoms with van der Waals surface area (Å²) >= 11 is 1.50. The number of hydrogen-bond donors (Lipinski definition) is 2. The smallest absolute Gasteiger partial charge is 0.173 e. The number of ketones is 1. The average Bonchev–Trinajstić information content (AvgIpc) is 3.05. The van der Waals surface area contributed by atoms with Gasteiger partial charge in [-0.25, -0.2) is 0 Å². The molecule has 2 aromatic rings. The van der Waals surface area contributed by atoms with Crippen LogP contribution >= 0.6 is 11.3 Å². The van der Waals surface area contributed by atoms with Crippen LogP contribution in [0.5, 0.6) is 0 Å². The van der Waals surface area contributed by atoms with E-state index in [2.05, 4.69) is 10.1 Å². The summed E-state index contributed by atoms with van der Waals surface area (Å²) in [4.78, 5) is 16.0. The number of amidine groups is 1. The van der Waals surface area contributed by atoms with Crippen LogP contribution in [0.3, 0.4) is 0 Å². The molecule has 5 rings (SSSR count). The Kier molecular flexibility index (Phi) is 4.02. The van der Waals surface area contributed by atoms with Crippen molar-refractivity contribution >= 4 is 33.0 Å². The van der Waals surface area contributed by atoms with Crippen LogP contribution in [-0.4, -0.2) is 41.4 Å². The number of piperidine rings is 3. The number of fused-ring (bicyclic) bond motifs is 4. The molecule has 0 spiro atoms. The van der Waals surface area contributed by atoms with E-state index >= 15 is 0 Å². The van der Waals surface area contributed by atoms with Crippen molar-refractivity contribution < 1.29 is 10.0 Å². The lowest BCUT2D eigenvalue weighted by Gasteiger charge is -2.44. The Morgan fingerprint density at radius 2 is 2.12 bits per heavy atom. The van der Waals surface area contributed by atoms with Gasteiger partial charge in [0.2, 0.25) is 0 Å². The average molecular weight is 343 g/mol. The Morgan fingerprint density at radius 3 is 2.79 bits per heavy atom. The SMILES string of the molecule is N/C(=N/O)c1ccc2cc(C(=O)C[C@H]3CN4CCC3CC4)sc2c1. The highest BCUT2D eigenvalue weighted by molar-refractivity contribution is 7.20. The molecule has 126 valence electrons. The van der Waals surface area contributed by atoms with Gasteiger partial charge in [0.05, 0.1) is 4.88 Å². The molecule has 0 aliphatic carbocycles. The molecule has 3 aliphatic heterocycles. The van der Waals surface area contributed by atoms with E-state index in [1.54, 1.807) is 0 Å². The minimum Gasteiger partial charge on any atom is -0.409 e. The Hall–Kier alpha value is -1.92. The van der Waals surface area contributed by atoms with Crippen LogP contribution < -0.4 is 5.73 Å². The summed E-state index contributed by atoms with van der Waals surface area (Å²) in [5, 5.41) is 12.9. The first-order valence-corrected chi connectivity index (χ1v) is 9.23. The van der Waals surface area contributed by atoms with Crippen molar-refractivity contribution in [3.63, 3.8) is 0 Å². The van der Waals surface area contributed by atoms with E-state index < -0.39 is 0 Å². The van der Waals surface area contributed by atoms with Crippen LogP contribution in [0.4, 0.5) is 0 Å². The highest BCUT2D eigenvalue weighted by atomic mass is 32.1. The molecule has 24 heavy (non-hydrogen) atoms. The standard InChI is InChI=1S/C18H21N3O2S/c19-18(20-23)13-2-1-12-8-17(24-16(12)9-13)15(22)7-14-10-21-5-3-11(14)4-6-21/h1-2,8-9,11,14,23H,3-7,10H2,(H2,19,20)/t14-/m0/s1. The second-order valence-corrected chi connectivity index (χ2v) is 7.96. The number of hydrogen-bond acceptors (Lipinski definition) is 5. The molecule has 2 bridgehead atoms. The summed E-state index contributed by atoms with van der Waals surface area (Å²) in [7, 11) is 0.